The van der Waals surface area contributed by atoms with Gasteiger partial charge in [0.25, 0.3) is 0 Å². The van der Waals surface area contributed by atoms with E-state index < -0.39 is 0 Å². The molecule has 2 heterocycles. The van der Waals surface area contributed by atoms with Gasteiger partial charge in [-0.15, -0.1) is 0 Å². The zero-order chi connectivity index (χ0) is 16.7. The van der Waals surface area contributed by atoms with Crippen molar-refractivity contribution in [2.45, 2.75) is 46.1 Å². The molecule has 0 spiro atoms. The number of halogens is 1. The minimum Gasteiger partial charge on any atom is -0.339 e. The summed E-state index contributed by atoms with van der Waals surface area (Å²) in [5.41, 5.74) is 2.19. The SMILES string of the molecule is Cc1cc(F)c2c(c1)CCCN2C(=O)[C@@H]1CC(=O)N(C(C)C)C1. The Balaban J connectivity index is 1.87. The van der Waals surface area contributed by atoms with Gasteiger partial charge in [-0.3, -0.25) is 9.59 Å². The molecule has 1 aromatic rings. The Morgan fingerprint density at radius 2 is 2.09 bits per heavy atom. The van der Waals surface area contributed by atoms with Crippen LogP contribution in [-0.4, -0.2) is 35.8 Å². The average molecular weight is 318 g/mol. The van der Waals surface area contributed by atoms with Crippen LogP contribution in [0.5, 0.6) is 0 Å². The number of carbonyl (C=O) groups is 2. The fraction of sp³-hybridized carbons (Fsp3) is 0.556. The molecule has 2 aliphatic rings. The van der Waals surface area contributed by atoms with Crippen LogP contribution in [0.4, 0.5) is 10.1 Å². The normalized spacial score (nSPS) is 21.1. The molecule has 0 aliphatic carbocycles. The summed E-state index contributed by atoms with van der Waals surface area (Å²) in [5.74, 6) is -0.806. The van der Waals surface area contributed by atoms with Crippen molar-refractivity contribution >= 4 is 17.5 Å². The largest absolute Gasteiger partial charge is 0.339 e. The topological polar surface area (TPSA) is 40.6 Å². The molecule has 124 valence electrons. The van der Waals surface area contributed by atoms with Crippen molar-refractivity contribution in [2.24, 2.45) is 5.92 Å². The molecule has 1 fully saturated rings. The van der Waals surface area contributed by atoms with E-state index in [1.54, 1.807) is 9.80 Å². The van der Waals surface area contributed by atoms with Crippen molar-refractivity contribution in [1.82, 2.24) is 4.90 Å². The second kappa shape index (κ2) is 5.95. The first-order chi connectivity index (χ1) is 10.9. The van der Waals surface area contributed by atoms with Crippen molar-refractivity contribution in [3.8, 4) is 0 Å². The molecule has 4 nitrogen and oxygen atoms in total. The van der Waals surface area contributed by atoms with Crippen LogP contribution in [0.1, 0.15) is 37.8 Å². The number of likely N-dealkylation sites (tertiary alicyclic amines) is 1. The number of anilines is 1. The van der Waals surface area contributed by atoms with Crippen molar-refractivity contribution in [3.05, 3.63) is 29.1 Å². The molecule has 0 radical (unpaired) electrons. The molecule has 1 saturated heterocycles. The molecular formula is C18H23FN2O2. The molecule has 0 N–H and O–H groups in total. The Bertz CT molecular complexity index is 657. The molecule has 3 rings (SSSR count). The predicted molar refractivity (Wildman–Crippen MR) is 86.8 cm³/mol. The number of rotatable bonds is 2. The number of hydrogen-bond acceptors (Lipinski definition) is 2. The van der Waals surface area contributed by atoms with E-state index in [2.05, 4.69) is 0 Å². The van der Waals surface area contributed by atoms with Gasteiger partial charge in [0.15, 0.2) is 0 Å². The standard InChI is InChI=1S/C18H23FN2O2/c1-11(2)21-10-14(9-16(21)22)18(23)20-6-4-5-13-7-12(3)8-15(19)17(13)20/h7-8,11,14H,4-6,9-10H2,1-3H3/t14-/m1/s1. The van der Waals surface area contributed by atoms with E-state index in [-0.39, 0.29) is 36.0 Å². The van der Waals surface area contributed by atoms with E-state index >= 15 is 0 Å². The van der Waals surface area contributed by atoms with Gasteiger partial charge in [0, 0.05) is 25.6 Å². The molecule has 1 aromatic carbocycles. The number of amides is 2. The lowest BCUT2D eigenvalue weighted by Crippen LogP contribution is -2.41. The van der Waals surface area contributed by atoms with Crippen LogP contribution in [0.25, 0.3) is 0 Å². The lowest BCUT2D eigenvalue weighted by Gasteiger charge is -2.32. The maximum Gasteiger partial charge on any atom is 0.232 e. The van der Waals surface area contributed by atoms with E-state index in [1.165, 1.54) is 6.07 Å². The maximum absolute atomic E-state index is 14.4. The Morgan fingerprint density at radius 3 is 2.74 bits per heavy atom. The first kappa shape index (κ1) is 16.0. The fourth-order valence-electron chi connectivity index (χ4n) is 3.68. The Hall–Kier alpha value is -1.91. The molecule has 1 atom stereocenters. The van der Waals surface area contributed by atoms with Crippen molar-refractivity contribution in [1.29, 1.82) is 0 Å². The smallest absolute Gasteiger partial charge is 0.232 e. The molecule has 0 saturated carbocycles. The second-order valence-corrected chi connectivity index (χ2v) is 6.89. The lowest BCUT2D eigenvalue weighted by molar-refractivity contribution is -0.129. The zero-order valence-electron chi connectivity index (χ0n) is 13.9. The summed E-state index contributed by atoms with van der Waals surface area (Å²) in [6.07, 6.45) is 1.85. The van der Waals surface area contributed by atoms with Gasteiger partial charge < -0.3 is 9.80 Å². The second-order valence-electron chi connectivity index (χ2n) is 6.89. The fourth-order valence-corrected chi connectivity index (χ4v) is 3.68. The van der Waals surface area contributed by atoms with Crippen LogP contribution in [0.15, 0.2) is 12.1 Å². The number of fused-ring (bicyclic) bond motifs is 1. The van der Waals surface area contributed by atoms with Gasteiger partial charge >= 0.3 is 0 Å². The number of nitrogens with zero attached hydrogens (tertiary/aromatic N) is 2. The van der Waals surface area contributed by atoms with Crippen molar-refractivity contribution in [3.63, 3.8) is 0 Å². The first-order valence-electron chi connectivity index (χ1n) is 8.28. The molecule has 23 heavy (non-hydrogen) atoms. The highest BCUT2D eigenvalue weighted by Crippen LogP contribution is 2.33. The van der Waals surface area contributed by atoms with Crippen LogP contribution in [-0.2, 0) is 16.0 Å². The third kappa shape index (κ3) is 2.84. The summed E-state index contributed by atoms with van der Waals surface area (Å²) < 4.78 is 14.4. The Morgan fingerprint density at radius 1 is 1.35 bits per heavy atom. The van der Waals surface area contributed by atoms with Crippen LogP contribution in [0, 0.1) is 18.7 Å². The van der Waals surface area contributed by atoms with Crippen molar-refractivity contribution in [2.75, 3.05) is 18.0 Å². The summed E-state index contributed by atoms with van der Waals surface area (Å²) in [4.78, 5) is 28.2. The van der Waals surface area contributed by atoms with E-state index in [1.807, 2.05) is 26.8 Å². The quantitative estimate of drug-likeness (QED) is 0.841. The molecular weight excluding hydrogens is 295 g/mol. The zero-order valence-corrected chi connectivity index (χ0v) is 13.9. The molecule has 5 heteroatoms. The van der Waals surface area contributed by atoms with Gasteiger partial charge in [0.2, 0.25) is 11.8 Å². The van der Waals surface area contributed by atoms with Crippen LogP contribution < -0.4 is 4.90 Å². The molecule has 0 unspecified atom stereocenters. The minimum atomic E-state index is -0.364. The van der Waals surface area contributed by atoms with Crippen LogP contribution >= 0.6 is 0 Å². The molecule has 2 amide bonds. The molecule has 0 aromatic heterocycles. The average Bonchev–Trinajstić information content (AvgIpc) is 2.87. The van der Waals surface area contributed by atoms with E-state index in [9.17, 15) is 14.0 Å². The summed E-state index contributed by atoms with van der Waals surface area (Å²) >= 11 is 0. The van der Waals surface area contributed by atoms with E-state index in [0.717, 1.165) is 24.0 Å². The third-order valence-corrected chi connectivity index (χ3v) is 4.78. The van der Waals surface area contributed by atoms with Crippen molar-refractivity contribution < 1.29 is 14.0 Å². The van der Waals surface area contributed by atoms with Gasteiger partial charge in [0.05, 0.1) is 11.6 Å². The monoisotopic (exact) mass is 318 g/mol. The number of aryl methyl sites for hydroxylation is 2. The number of carbonyl (C=O) groups excluding carboxylic acids is 2. The highest BCUT2D eigenvalue weighted by molar-refractivity contribution is 6.00. The van der Waals surface area contributed by atoms with Gasteiger partial charge in [-0.25, -0.2) is 4.39 Å². The molecule has 0 bridgehead atoms. The summed E-state index contributed by atoms with van der Waals surface area (Å²) in [5, 5.41) is 0. The van der Waals surface area contributed by atoms with Gasteiger partial charge in [0.1, 0.15) is 5.82 Å². The van der Waals surface area contributed by atoms with Gasteiger partial charge in [-0.1, -0.05) is 6.07 Å². The lowest BCUT2D eigenvalue weighted by atomic mass is 9.97. The highest BCUT2D eigenvalue weighted by Gasteiger charge is 2.39. The summed E-state index contributed by atoms with van der Waals surface area (Å²) in [6.45, 7) is 6.72. The van der Waals surface area contributed by atoms with E-state index in [0.29, 0.717) is 18.8 Å². The summed E-state index contributed by atoms with van der Waals surface area (Å²) in [7, 11) is 0. The van der Waals surface area contributed by atoms with Crippen LogP contribution in [0.2, 0.25) is 0 Å². The Kier molecular flexibility index (Phi) is 4.13. The highest BCUT2D eigenvalue weighted by atomic mass is 19.1. The number of hydrogen-bond donors (Lipinski definition) is 0. The third-order valence-electron chi connectivity index (χ3n) is 4.78. The van der Waals surface area contributed by atoms with E-state index in [4.69, 9.17) is 0 Å². The predicted octanol–water partition coefficient (Wildman–Crippen LogP) is 2.67. The maximum atomic E-state index is 14.4. The van der Waals surface area contributed by atoms with Gasteiger partial charge in [-0.05, 0) is 50.8 Å². The minimum absolute atomic E-state index is 0.0139. The Labute approximate surface area is 136 Å². The summed E-state index contributed by atoms with van der Waals surface area (Å²) in [6, 6.07) is 3.52. The molecule has 2 aliphatic heterocycles. The van der Waals surface area contributed by atoms with Crippen LogP contribution in [0.3, 0.4) is 0 Å². The number of benzene rings is 1. The van der Waals surface area contributed by atoms with Gasteiger partial charge in [-0.2, -0.15) is 0 Å². The first-order valence-corrected chi connectivity index (χ1v) is 8.28.